The van der Waals surface area contributed by atoms with E-state index in [-0.39, 0.29) is 11.7 Å². The van der Waals surface area contributed by atoms with Crippen molar-refractivity contribution in [3.63, 3.8) is 0 Å². The number of piperazine rings is 1. The first-order chi connectivity index (χ1) is 12.1. The smallest absolute Gasteiger partial charge is 0.236 e. The molecule has 1 amide bonds. The molecule has 1 fully saturated rings. The number of nitrogens with zero attached hydrogens (tertiary/aromatic N) is 4. The van der Waals surface area contributed by atoms with Crippen LogP contribution in [0.15, 0.2) is 36.7 Å². The predicted octanol–water partition coefficient (Wildman–Crippen LogP) is 0.934. The largest absolute Gasteiger partial charge is 0.339 e. The Labute approximate surface area is 147 Å². The van der Waals surface area contributed by atoms with Crippen molar-refractivity contribution < 1.29 is 9.18 Å². The Morgan fingerprint density at radius 3 is 2.68 bits per heavy atom. The number of rotatable bonds is 6. The number of carbonyl (C=O) groups excluding carboxylic acids is 1. The van der Waals surface area contributed by atoms with E-state index in [4.69, 9.17) is 0 Å². The topological polar surface area (TPSA) is 53.4 Å². The van der Waals surface area contributed by atoms with Gasteiger partial charge >= 0.3 is 0 Å². The van der Waals surface area contributed by atoms with Gasteiger partial charge in [-0.25, -0.2) is 4.39 Å². The van der Waals surface area contributed by atoms with Gasteiger partial charge < -0.3 is 10.2 Å². The van der Waals surface area contributed by atoms with Crippen LogP contribution in [0.4, 0.5) is 4.39 Å². The molecule has 2 heterocycles. The van der Waals surface area contributed by atoms with Crippen molar-refractivity contribution in [1.82, 2.24) is 24.9 Å². The van der Waals surface area contributed by atoms with Crippen LogP contribution in [0.3, 0.4) is 0 Å². The minimum absolute atomic E-state index is 0.169. The van der Waals surface area contributed by atoms with Gasteiger partial charge in [0.15, 0.2) is 0 Å². The van der Waals surface area contributed by atoms with E-state index in [0.29, 0.717) is 19.6 Å². The molecule has 0 saturated carbocycles. The van der Waals surface area contributed by atoms with Crippen LogP contribution in [0.1, 0.15) is 11.1 Å². The number of aromatic nitrogens is 2. The SMILES string of the molecule is CN(CC(=O)N1CCNCC1)Cc1cnn(Cc2ccc(F)cc2)c1. The summed E-state index contributed by atoms with van der Waals surface area (Å²) in [5.74, 6) is -0.0663. The number of benzene rings is 1. The number of hydrogen-bond donors (Lipinski definition) is 1. The molecule has 0 atom stereocenters. The van der Waals surface area contributed by atoms with Crippen molar-refractivity contribution in [1.29, 1.82) is 0 Å². The molecule has 25 heavy (non-hydrogen) atoms. The maximum Gasteiger partial charge on any atom is 0.236 e. The molecule has 0 radical (unpaired) electrons. The second-order valence-electron chi connectivity index (χ2n) is 6.48. The van der Waals surface area contributed by atoms with Crippen LogP contribution in [0, 0.1) is 5.82 Å². The van der Waals surface area contributed by atoms with Gasteiger partial charge in [0.25, 0.3) is 0 Å². The highest BCUT2D eigenvalue weighted by atomic mass is 19.1. The molecule has 0 aliphatic carbocycles. The van der Waals surface area contributed by atoms with Gasteiger partial charge in [-0.1, -0.05) is 12.1 Å². The van der Waals surface area contributed by atoms with E-state index in [1.54, 1.807) is 12.1 Å². The summed E-state index contributed by atoms with van der Waals surface area (Å²) in [5.41, 5.74) is 2.05. The fraction of sp³-hybridized carbons (Fsp3) is 0.444. The lowest BCUT2D eigenvalue weighted by molar-refractivity contribution is -0.132. The zero-order valence-corrected chi connectivity index (χ0v) is 14.5. The summed E-state index contributed by atoms with van der Waals surface area (Å²) in [7, 11) is 1.94. The molecule has 1 aliphatic heterocycles. The first-order valence-corrected chi connectivity index (χ1v) is 8.53. The Morgan fingerprint density at radius 1 is 1.24 bits per heavy atom. The van der Waals surface area contributed by atoms with E-state index in [2.05, 4.69) is 10.4 Å². The van der Waals surface area contributed by atoms with Crippen LogP contribution < -0.4 is 5.32 Å². The Balaban J connectivity index is 1.50. The van der Waals surface area contributed by atoms with E-state index >= 15 is 0 Å². The maximum absolute atomic E-state index is 12.9. The van der Waals surface area contributed by atoms with Crippen molar-refractivity contribution in [3.8, 4) is 0 Å². The summed E-state index contributed by atoms with van der Waals surface area (Å²) >= 11 is 0. The van der Waals surface area contributed by atoms with Crippen LogP contribution in [0.2, 0.25) is 0 Å². The molecule has 6 nitrogen and oxygen atoms in total. The van der Waals surface area contributed by atoms with Crippen molar-refractivity contribution in [2.75, 3.05) is 39.8 Å². The van der Waals surface area contributed by atoms with Crippen molar-refractivity contribution in [2.24, 2.45) is 0 Å². The standard InChI is InChI=1S/C18H24FN5O/c1-22(14-18(25)23-8-6-20-7-9-23)11-16-10-21-24(13-16)12-15-2-4-17(19)5-3-15/h2-5,10,13,20H,6-9,11-12,14H2,1H3. The van der Waals surface area contributed by atoms with Gasteiger partial charge in [0.1, 0.15) is 5.82 Å². The van der Waals surface area contributed by atoms with Crippen LogP contribution in [0.25, 0.3) is 0 Å². The highest BCUT2D eigenvalue weighted by Crippen LogP contribution is 2.08. The Kier molecular flexibility index (Phi) is 5.78. The lowest BCUT2D eigenvalue weighted by Crippen LogP contribution is -2.49. The fourth-order valence-corrected chi connectivity index (χ4v) is 2.96. The lowest BCUT2D eigenvalue weighted by atomic mass is 10.2. The average molecular weight is 345 g/mol. The summed E-state index contributed by atoms with van der Waals surface area (Å²) in [6, 6.07) is 6.43. The highest BCUT2D eigenvalue weighted by molar-refractivity contribution is 5.78. The second kappa shape index (κ2) is 8.22. The number of carbonyl (C=O) groups is 1. The number of nitrogens with one attached hydrogen (secondary N) is 1. The Hall–Kier alpha value is -2.25. The number of likely N-dealkylation sites (N-methyl/N-ethyl adjacent to an activating group) is 1. The van der Waals surface area contributed by atoms with Crippen molar-refractivity contribution in [2.45, 2.75) is 13.1 Å². The number of hydrogen-bond acceptors (Lipinski definition) is 4. The molecule has 0 bridgehead atoms. The molecular weight excluding hydrogens is 321 g/mol. The zero-order valence-electron chi connectivity index (χ0n) is 14.5. The van der Waals surface area contributed by atoms with E-state index in [9.17, 15) is 9.18 Å². The average Bonchev–Trinajstić information content (AvgIpc) is 3.04. The molecular formula is C18H24FN5O. The lowest BCUT2D eigenvalue weighted by Gasteiger charge is -2.29. The molecule has 7 heteroatoms. The summed E-state index contributed by atoms with van der Waals surface area (Å²) in [6.07, 6.45) is 3.78. The quantitative estimate of drug-likeness (QED) is 0.846. The summed E-state index contributed by atoms with van der Waals surface area (Å²) < 4.78 is 14.8. The van der Waals surface area contributed by atoms with Crippen molar-refractivity contribution >= 4 is 5.91 Å². The predicted molar refractivity (Wildman–Crippen MR) is 93.5 cm³/mol. The maximum atomic E-state index is 12.9. The fourth-order valence-electron chi connectivity index (χ4n) is 2.96. The molecule has 134 valence electrons. The first-order valence-electron chi connectivity index (χ1n) is 8.53. The molecule has 1 N–H and O–H groups in total. The summed E-state index contributed by atoms with van der Waals surface area (Å²) in [5, 5.41) is 7.60. The Bertz CT molecular complexity index is 694. The van der Waals surface area contributed by atoms with E-state index < -0.39 is 0 Å². The molecule has 1 aliphatic rings. The van der Waals surface area contributed by atoms with Gasteiger partial charge in [-0.3, -0.25) is 14.4 Å². The minimum atomic E-state index is -0.235. The third-order valence-corrected chi connectivity index (χ3v) is 4.27. The minimum Gasteiger partial charge on any atom is -0.339 e. The molecule has 1 saturated heterocycles. The van der Waals surface area contributed by atoms with Gasteiger partial charge in [-0.2, -0.15) is 5.10 Å². The van der Waals surface area contributed by atoms with Crippen LogP contribution in [-0.2, 0) is 17.9 Å². The third kappa shape index (κ3) is 5.11. The highest BCUT2D eigenvalue weighted by Gasteiger charge is 2.17. The van der Waals surface area contributed by atoms with Gasteiger partial charge in [0.05, 0.1) is 19.3 Å². The molecule has 0 spiro atoms. The zero-order chi connectivity index (χ0) is 17.6. The summed E-state index contributed by atoms with van der Waals surface area (Å²) in [4.78, 5) is 16.2. The van der Waals surface area contributed by atoms with E-state index in [1.165, 1.54) is 12.1 Å². The van der Waals surface area contributed by atoms with Crippen LogP contribution >= 0.6 is 0 Å². The first kappa shape index (κ1) is 17.6. The van der Waals surface area contributed by atoms with Gasteiger partial charge in [0, 0.05) is 44.5 Å². The van der Waals surface area contributed by atoms with Crippen LogP contribution in [-0.4, -0.2) is 65.3 Å². The molecule has 2 aromatic rings. The normalized spacial score (nSPS) is 14.9. The summed E-state index contributed by atoms with van der Waals surface area (Å²) in [6.45, 7) is 4.97. The molecule has 1 aromatic heterocycles. The molecule has 1 aromatic carbocycles. The monoisotopic (exact) mass is 345 g/mol. The second-order valence-corrected chi connectivity index (χ2v) is 6.48. The molecule has 0 unspecified atom stereocenters. The van der Waals surface area contributed by atoms with Gasteiger partial charge in [-0.15, -0.1) is 0 Å². The van der Waals surface area contributed by atoms with Gasteiger partial charge in [-0.05, 0) is 24.7 Å². The molecule has 3 rings (SSSR count). The van der Waals surface area contributed by atoms with E-state index in [1.807, 2.05) is 33.9 Å². The number of amides is 1. The van der Waals surface area contributed by atoms with Gasteiger partial charge in [0.2, 0.25) is 5.91 Å². The van der Waals surface area contributed by atoms with E-state index in [0.717, 1.165) is 37.3 Å². The van der Waals surface area contributed by atoms with Crippen molar-refractivity contribution in [3.05, 3.63) is 53.6 Å². The van der Waals surface area contributed by atoms with Crippen LogP contribution in [0.5, 0.6) is 0 Å². The third-order valence-electron chi connectivity index (χ3n) is 4.27. The Morgan fingerprint density at radius 2 is 1.96 bits per heavy atom. The number of halogens is 1.